The number of hydrogen-bond acceptors (Lipinski definition) is 1. The van der Waals surface area contributed by atoms with E-state index >= 15 is 0 Å². The monoisotopic (exact) mass is 241 g/mol. The summed E-state index contributed by atoms with van der Waals surface area (Å²) < 4.78 is 0. The number of fused-ring (bicyclic) bond motifs is 1. The molecule has 0 saturated heterocycles. The van der Waals surface area contributed by atoms with Crippen LogP contribution in [0, 0.1) is 5.41 Å². The van der Waals surface area contributed by atoms with Crippen LogP contribution in [0.25, 0.3) is 10.4 Å². The van der Waals surface area contributed by atoms with Crippen LogP contribution in [0.2, 0.25) is 0 Å². The molecule has 3 heteroatoms. The molecule has 0 radical (unpaired) electrons. The molecule has 3 rings (SSSR count). The third-order valence-corrected chi connectivity index (χ3v) is 4.84. The van der Waals surface area contributed by atoms with Crippen molar-refractivity contribution in [1.82, 2.24) is 0 Å². The highest BCUT2D eigenvalue weighted by molar-refractivity contribution is 5.31. The molecule has 1 fully saturated rings. The van der Waals surface area contributed by atoms with E-state index in [0.29, 0.717) is 5.41 Å². The molecule has 1 saturated carbocycles. The van der Waals surface area contributed by atoms with Crippen LogP contribution in [0.5, 0.6) is 0 Å². The van der Waals surface area contributed by atoms with Gasteiger partial charge < -0.3 is 0 Å². The Balaban J connectivity index is 1.74. The molecule has 0 unspecified atom stereocenters. The molecular formula is C15H19N3. The molecule has 0 heterocycles. The SMILES string of the molecule is [N-]=[N+]=NC1CCC2(CCc3ccccc3C2)CC1. The van der Waals surface area contributed by atoms with Gasteiger partial charge in [0, 0.05) is 11.0 Å². The molecule has 0 atom stereocenters. The summed E-state index contributed by atoms with van der Waals surface area (Å²) >= 11 is 0. The first-order chi connectivity index (χ1) is 8.81. The van der Waals surface area contributed by atoms with Gasteiger partial charge in [-0.2, -0.15) is 0 Å². The molecule has 0 amide bonds. The first-order valence-electron chi connectivity index (χ1n) is 6.92. The second-order valence-electron chi connectivity index (χ2n) is 5.88. The summed E-state index contributed by atoms with van der Waals surface area (Å²) in [4.78, 5) is 2.95. The minimum atomic E-state index is 0.248. The van der Waals surface area contributed by atoms with Gasteiger partial charge in [-0.1, -0.05) is 29.4 Å². The van der Waals surface area contributed by atoms with Gasteiger partial charge in [0.15, 0.2) is 0 Å². The predicted molar refractivity (Wildman–Crippen MR) is 72.3 cm³/mol. The maximum atomic E-state index is 8.51. The third kappa shape index (κ3) is 2.11. The summed E-state index contributed by atoms with van der Waals surface area (Å²) in [6.07, 6.45) is 8.37. The Morgan fingerprint density at radius 3 is 2.56 bits per heavy atom. The van der Waals surface area contributed by atoms with Crippen molar-refractivity contribution >= 4 is 0 Å². The van der Waals surface area contributed by atoms with E-state index in [1.54, 1.807) is 11.1 Å². The fraction of sp³-hybridized carbons (Fsp3) is 0.600. The highest BCUT2D eigenvalue weighted by atomic mass is 15.1. The second-order valence-corrected chi connectivity index (χ2v) is 5.88. The van der Waals surface area contributed by atoms with Gasteiger partial charge in [0.05, 0.1) is 0 Å². The minimum absolute atomic E-state index is 0.248. The van der Waals surface area contributed by atoms with Crippen molar-refractivity contribution in [2.75, 3.05) is 0 Å². The van der Waals surface area contributed by atoms with Crippen LogP contribution in [0.4, 0.5) is 0 Å². The van der Waals surface area contributed by atoms with Crippen LogP contribution in [0.3, 0.4) is 0 Å². The molecular weight excluding hydrogens is 222 g/mol. The first kappa shape index (κ1) is 11.6. The van der Waals surface area contributed by atoms with Gasteiger partial charge in [-0.05, 0) is 67.0 Å². The Morgan fingerprint density at radius 2 is 1.83 bits per heavy atom. The lowest BCUT2D eigenvalue weighted by molar-refractivity contribution is 0.150. The fourth-order valence-electron chi connectivity index (χ4n) is 3.70. The molecule has 0 aromatic heterocycles. The zero-order valence-corrected chi connectivity index (χ0v) is 10.7. The van der Waals surface area contributed by atoms with Crippen molar-refractivity contribution in [3.63, 3.8) is 0 Å². The van der Waals surface area contributed by atoms with Crippen LogP contribution in [-0.4, -0.2) is 6.04 Å². The molecule has 1 aromatic carbocycles. The molecule has 0 aliphatic heterocycles. The average molecular weight is 241 g/mol. The van der Waals surface area contributed by atoms with Crippen molar-refractivity contribution in [3.05, 3.63) is 45.8 Å². The maximum Gasteiger partial charge on any atom is 0.0374 e. The van der Waals surface area contributed by atoms with Crippen molar-refractivity contribution in [2.24, 2.45) is 10.5 Å². The molecule has 0 bridgehead atoms. The van der Waals surface area contributed by atoms with Gasteiger partial charge in [0.1, 0.15) is 0 Å². The molecule has 0 N–H and O–H groups in total. The zero-order valence-electron chi connectivity index (χ0n) is 10.7. The third-order valence-electron chi connectivity index (χ3n) is 4.84. The minimum Gasteiger partial charge on any atom is -0.0906 e. The number of aryl methyl sites for hydroxylation is 1. The van der Waals surface area contributed by atoms with Crippen molar-refractivity contribution in [2.45, 2.75) is 51.0 Å². The molecule has 18 heavy (non-hydrogen) atoms. The molecule has 2 aliphatic rings. The van der Waals surface area contributed by atoms with Gasteiger partial charge in [-0.3, -0.25) is 0 Å². The van der Waals surface area contributed by atoms with Crippen LogP contribution in [0.15, 0.2) is 29.4 Å². The van der Waals surface area contributed by atoms with Gasteiger partial charge in [0.2, 0.25) is 0 Å². The van der Waals surface area contributed by atoms with Crippen LogP contribution < -0.4 is 0 Å². The summed E-state index contributed by atoms with van der Waals surface area (Å²) in [5.41, 5.74) is 12.1. The summed E-state index contributed by atoms with van der Waals surface area (Å²) in [7, 11) is 0. The van der Waals surface area contributed by atoms with Gasteiger partial charge >= 0.3 is 0 Å². The van der Waals surface area contributed by atoms with Crippen molar-refractivity contribution in [1.29, 1.82) is 0 Å². The zero-order chi connectivity index (χ0) is 12.4. The Morgan fingerprint density at radius 1 is 1.11 bits per heavy atom. The molecule has 94 valence electrons. The molecule has 2 aliphatic carbocycles. The summed E-state index contributed by atoms with van der Waals surface area (Å²) in [6.45, 7) is 0. The van der Waals surface area contributed by atoms with E-state index in [2.05, 4.69) is 34.3 Å². The highest BCUT2D eigenvalue weighted by Gasteiger charge is 2.37. The van der Waals surface area contributed by atoms with E-state index < -0.39 is 0 Å². The van der Waals surface area contributed by atoms with Gasteiger partial charge in [-0.25, -0.2) is 0 Å². The Bertz CT molecular complexity index is 480. The highest BCUT2D eigenvalue weighted by Crippen LogP contribution is 2.46. The van der Waals surface area contributed by atoms with Crippen LogP contribution in [-0.2, 0) is 12.8 Å². The number of rotatable bonds is 1. The topological polar surface area (TPSA) is 48.8 Å². The summed E-state index contributed by atoms with van der Waals surface area (Å²) in [5.74, 6) is 0. The van der Waals surface area contributed by atoms with E-state index in [4.69, 9.17) is 5.53 Å². The largest absolute Gasteiger partial charge is 0.0906 e. The standard InChI is InChI=1S/C15H19N3/c16-18-17-14-6-9-15(10-7-14)8-5-12-3-1-2-4-13(12)11-15/h1-4,14H,5-11H2. The van der Waals surface area contributed by atoms with Gasteiger partial charge in [0.25, 0.3) is 0 Å². The van der Waals surface area contributed by atoms with E-state index in [1.807, 2.05) is 0 Å². The van der Waals surface area contributed by atoms with E-state index in [9.17, 15) is 0 Å². The van der Waals surface area contributed by atoms with E-state index in [0.717, 1.165) is 12.8 Å². The smallest absolute Gasteiger partial charge is 0.0374 e. The van der Waals surface area contributed by atoms with E-state index in [1.165, 1.54) is 32.1 Å². The van der Waals surface area contributed by atoms with Crippen molar-refractivity contribution < 1.29 is 0 Å². The molecule has 3 nitrogen and oxygen atoms in total. The first-order valence-corrected chi connectivity index (χ1v) is 6.92. The number of azide groups is 1. The molecule has 1 spiro atoms. The predicted octanol–water partition coefficient (Wildman–Crippen LogP) is 4.41. The van der Waals surface area contributed by atoms with Crippen LogP contribution >= 0.6 is 0 Å². The van der Waals surface area contributed by atoms with E-state index in [-0.39, 0.29) is 6.04 Å². The Hall–Kier alpha value is -1.47. The number of hydrogen-bond donors (Lipinski definition) is 0. The lowest BCUT2D eigenvalue weighted by Crippen LogP contribution is -2.34. The fourth-order valence-corrected chi connectivity index (χ4v) is 3.70. The van der Waals surface area contributed by atoms with Crippen LogP contribution in [0.1, 0.15) is 43.2 Å². The normalized spacial score (nSPS) is 30.6. The summed E-state index contributed by atoms with van der Waals surface area (Å²) in [6, 6.07) is 9.11. The summed E-state index contributed by atoms with van der Waals surface area (Å²) in [5, 5.41) is 3.89. The molecule has 1 aromatic rings. The average Bonchev–Trinajstić information content (AvgIpc) is 2.42. The quantitative estimate of drug-likeness (QED) is 0.397. The number of nitrogens with zero attached hydrogens (tertiary/aromatic N) is 3. The number of benzene rings is 1. The Kier molecular flexibility index (Phi) is 3.00. The Labute approximate surface area is 108 Å². The second kappa shape index (κ2) is 4.66. The lowest BCUT2D eigenvalue weighted by Gasteiger charge is -2.42. The maximum absolute atomic E-state index is 8.51. The van der Waals surface area contributed by atoms with Crippen molar-refractivity contribution in [3.8, 4) is 0 Å². The lowest BCUT2D eigenvalue weighted by atomic mass is 9.63. The van der Waals surface area contributed by atoms with Gasteiger partial charge in [-0.15, -0.1) is 0 Å².